The molecule has 1 amide bonds. The van der Waals surface area contributed by atoms with Gasteiger partial charge >= 0.3 is 0 Å². The quantitative estimate of drug-likeness (QED) is 0.857. The van der Waals surface area contributed by atoms with Crippen molar-refractivity contribution in [3.63, 3.8) is 0 Å². The molecular weight excluding hydrogens is 286 g/mol. The Kier molecular flexibility index (Phi) is 4.91. The summed E-state index contributed by atoms with van der Waals surface area (Å²) in [6.45, 7) is 3.62. The number of hydrogen-bond donors (Lipinski definition) is 0. The number of carbonyl (C=O) groups excluding carboxylic acids is 1. The summed E-state index contributed by atoms with van der Waals surface area (Å²) in [4.78, 5) is 14.6. The fraction of sp³-hybridized carbons (Fsp3) is 0.688. The van der Waals surface area contributed by atoms with Gasteiger partial charge < -0.3 is 14.1 Å². The van der Waals surface area contributed by atoms with Crippen LogP contribution in [-0.2, 0) is 9.53 Å². The van der Waals surface area contributed by atoms with E-state index in [1.165, 1.54) is 0 Å². The lowest BCUT2D eigenvalue weighted by molar-refractivity contribution is -0.134. The number of hydrogen-bond acceptors (Lipinski definition) is 4. The normalized spacial score (nSPS) is 26.2. The lowest BCUT2D eigenvalue weighted by Gasteiger charge is -2.34. The molecule has 3 heterocycles. The fourth-order valence-corrected chi connectivity index (χ4v) is 4.13. The second-order valence-electron chi connectivity index (χ2n) is 5.80. The number of furan rings is 1. The van der Waals surface area contributed by atoms with Gasteiger partial charge in [0.15, 0.2) is 0 Å². The van der Waals surface area contributed by atoms with Crippen molar-refractivity contribution in [1.29, 1.82) is 0 Å². The molecule has 0 unspecified atom stereocenters. The third-order valence-corrected chi connectivity index (χ3v) is 5.27. The Hall–Kier alpha value is -0.940. The Bertz CT molecular complexity index is 482. The molecule has 0 spiro atoms. The third kappa shape index (κ3) is 3.64. The molecule has 5 heteroatoms. The lowest BCUT2D eigenvalue weighted by Crippen LogP contribution is -2.40. The molecule has 4 nitrogen and oxygen atoms in total. The van der Waals surface area contributed by atoms with Crippen LogP contribution in [0.15, 0.2) is 16.5 Å². The number of rotatable bonds is 4. The van der Waals surface area contributed by atoms with E-state index in [1.807, 2.05) is 35.7 Å². The number of ether oxygens (including phenoxy) is 1. The van der Waals surface area contributed by atoms with Crippen LogP contribution in [-0.4, -0.2) is 41.6 Å². The van der Waals surface area contributed by atoms with Crippen LogP contribution in [0.4, 0.5) is 0 Å². The van der Waals surface area contributed by atoms with E-state index in [4.69, 9.17) is 9.15 Å². The van der Waals surface area contributed by atoms with Crippen LogP contribution in [0.1, 0.15) is 43.2 Å². The van der Waals surface area contributed by atoms with E-state index < -0.39 is 0 Å². The Morgan fingerprint density at radius 2 is 2.38 bits per heavy atom. The topological polar surface area (TPSA) is 42.7 Å². The largest absolute Gasteiger partial charge is 0.464 e. The molecule has 0 N–H and O–H groups in total. The van der Waals surface area contributed by atoms with Crippen molar-refractivity contribution in [2.45, 2.75) is 44.8 Å². The first-order chi connectivity index (χ1) is 10.2. The van der Waals surface area contributed by atoms with Crippen molar-refractivity contribution in [2.24, 2.45) is 0 Å². The van der Waals surface area contributed by atoms with E-state index in [2.05, 4.69) is 0 Å². The average molecular weight is 309 g/mol. The summed E-state index contributed by atoms with van der Waals surface area (Å²) < 4.78 is 11.4. The highest BCUT2D eigenvalue weighted by molar-refractivity contribution is 7.99. The summed E-state index contributed by atoms with van der Waals surface area (Å²) in [5.74, 6) is 4.02. The van der Waals surface area contributed by atoms with E-state index in [9.17, 15) is 4.79 Å². The zero-order chi connectivity index (χ0) is 14.7. The maximum Gasteiger partial charge on any atom is 0.223 e. The minimum Gasteiger partial charge on any atom is -0.464 e. The SMILES string of the molecule is Cc1ccc([C@H]2CSCCN2C(=O)CC[C@H]2CCCO2)o1. The van der Waals surface area contributed by atoms with Gasteiger partial charge in [-0.05, 0) is 38.3 Å². The van der Waals surface area contributed by atoms with Gasteiger partial charge in [0, 0.05) is 31.1 Å². The van der Waals surface area contributed by atoms with Gasteiger partial charge in [0.25, 0.3) is 0 Å². The molecule has 1 aromatic rings. The first-order valence-corrected chi connectivity index (χ1v) is 8.94. The molecule has 2 atom stereocenters. The van der Waals surface area contributed by atoms with Crippen molar-refractivity contribution in [3.05, 3.63) is 23.7 Å². The van der Waals surface area contributed by atoms with Crippen LogP contribution in [0.3, 0.4) is 0 Å². The second kappa shape index (κ2) is 6.88. The van der Waals surface area contributed by atoms with Crippen LogP contribution in [0.2, 0.25) is 0 Å². The molecule has 1 aromatic heterocycles. The van der Waals surface area contributed by atoms with Crippen LogP contribution in [0, 0.1) is 6.92 Å². The van der Waals surface area contributed by atoms with Gasteiger partial charge in [-0.3, -0.25) is 4.79 Å². The Morgan fingerprint density at radius 3 is 3.10 bits per heavy atom. The Balaban J connectivity index is 1.61. The summed E-state index contributed by atoms with van der Waals surface area (Å²) in [6.07, 6.45) is 3.97. The predicted octanol–water partition coefficient (Wildman–Crippen LogP) is 3.16. The van der Waals surface area contributed by atoms with E-state index in [1.54, 1.807) is 0 Å². The zero-order valence-corrected chi connectivity index (χ0v) is 13.4. The number of carbonyl (C=O) groups is 1. The molecule has 2 aliphatic rings. The molecule has 0 aliphatic carbocycles. The summed E-state index contributed by atoms with van der Waals surface area (Å²) in [6, 6.07) is 4.07. The molecule has 0 saturated carbocycles. The van der Waals surface area contributed by atoms with Gasteiger partial charge in [0.1, 0.15) is 11.5 Å². The molecule has 0 bridgehead atoms. The van der Waals surface area contributed by atoms with Gasteiger partial charge in [-0.2, -0.15) is 11.8 Å². The number of aryl methyl sites for hydroxylation is 1. The maximum absolute atomic E-state index is 12.6. The van der Waals surface area contributed by atoms with Crippen molar-refractivity contribution in [3.8, 4) is 0 Å². The van der Waals surface area contributed by atoms with Crippen molar-refractivity contribution in [1.82, 2.24) is 4.90 Å². The molecule has 0 radical (unpaired) electrons. The van der Waals surface area contributed by atoms with Crippen molar-refractivity contribution < 1.29 is 13.9 Å². The van der Waals surface area contributed by atoms with Gasteiger partial charge in [-0.25, -0.2) is 0 Å². The molecule has 2 aliphatic heterocycles. The molecule has 3 rings (SSSR count). The average Bonchev–Trinajstić information content (AvgIpc) is 3.16. The summed E-state index contributed by atoms with van der Waals surface area (Å²) in [5, 5.41) is 0. The first-order valence-electron chi connectivity index (χ1n) is 7.79. The lowest BCUT2D eigenvalue weighted by atomic mass is 10.1. The standard InChI is InChI=1S/C16H23NO3S/c1-12-4-6-15(20-12)14-11-21-10-8-17(14)16(18)7-5-13-3-2-9-19-13/h4,6,13-14H,2-3,5,7-11H2,1H3/t13-,14-/m1/s1. The summed E-state index contributed by atoms with van der Waals surface area (Å²) >= 11 is 1.89. The van der Waals surface area contributed by atoms with Crippen molar-refractivity contribution >= 4 is 17.7 Å². The van der Waals surface area contributed by atoms with Gasteiger partial charge in [0.05, 0.1) is 12.1 Å². The van der Waals surface area contributed by atoms with E-state index >= 15 is 0 Å². The maximum atomic E-state index is 12.6. The van der Waals surface area contributed by atoms with Gasteiger partial charge in [-0.15, -0.1) is 0 Å². The van der Waals surface area contributed by atoms with Crippen molar-refractivity contribution in [2.75, 3.05) is 24.7 Å². The zero-order valence-electron chi connectivity index (χ0n) is 12.5. The number of thioether (sulfide) groups is 1. The minimum absolute atomic E-state index is 0.0921. The van der Waals surface area contributed by atoms with Crippen LogP contribution in [0.5, 0.6) is 0 Å². The fourth-order valence-electron chi connectivity index (χ4n) is 3.07. The molecular formula is C16H23NO3S. The predicted molar refractivity (Wildman–Crippen MR) is 83.4 cm³/mol. The van der Waals surface area contributed by atoms with E-state index in [0.717, 1.165) is 55.4 Å². The van der Waals surface area contributed by atoms with Gasteiger partial charge in [0.2, 0.25) is 5.91 Å². The Labute approximate surface area is 130 Å². The van der Waals surface area contributed by atoms with Crippen LogP contribution < -0.4 is 0 Å². The smallest absolute Gasteiger partial charge is 0.223 e. The molecule has 2 fully saturated rings. The van der Waals surface area contributed by atoms with E-state index in [0.29, 0.717) is 6.42 Å². The van der Waals surface area contributed by atoms with Gasteiger partial charge in [-0.1, -0.05) is 0 Å². The highest BCUT2D eigenvalue weighted by atomic mass is 32.2. The number of nitrogens with zero attached hydrogens (tertiary/aromatic N) is 1. The second-order valence-corrected chi connectivity index (χ2v) is 6.95. The molecule has 116 valence electrons. The van der Waals surface area contributed by atoms with E-state index in [-0.39, 0.29) is 18.1 Å². The highest BCUT2D eigenvalue weighted by Crippen LogP contribution is 2.31. The minimum atomic E-state index is 0.0921. The Morgan fingerprint density at radius 1 is 1.48 bits per heavy atom. The molecule has 2 saturated heterocycles. The van der Waals surface area contributed by atoms with Crippen LogP contribution >= 0.6 is 11.8 Å². The number of amides is 1. The summed E-state index contributed by atoms with van der Waals surface area (Å²) in [5.41, 5.74) is 0. The molecule has 21 heavy (non-hydrogen) atoms. The monoisotopic (exact) mass is 309 g/mol. The third-order valence-electron chi connectivity index (χ3n) is 4.24. The first kappa shape index (κ1) is 15.0. The molecule has 0 aromatic carbocycles. The highest BCUT2D eigenvalue weighted by Gasteiger charge is 2.30. The summed E-state index contributed by atoms with van der Waals surface area (Å²) in [7, 11) is 0. The van der Waals surface area contributed by atoms with Crippen LogP contribution in [0.25, 0.3) is 0 Å².